The molecule has 0 bridgehead atoms. The van der Waals surface area contributed by atoms with Crippen LogP contribution in [0.15, 0.2) is 5.16 Å². The Balaban J connectivity index is 3.62. The van der Waals surface area contributed by atoms with Crippen molar-refractivity contribution in [2.45, 2.75) is 25.3 Å². The highest BCUT2D eigenvalue weighted by Crippen LogP contribution is 2.00. The van der Waals surface area contributed by atoms with E-state index >= 15 is 0 Å². The van der Waals surface area contributed by atoms with Gasteiger partial charge in [0.25, 0.3) is 0 Å². The number of hydrogen-bond acceptors (Lipinski definition) is 5. The maximum atomic E-state index is 8.93. The summed E-state index contributed by atoms with van der Waals surface area (Å²) in [6.45, 7) is 2.05. The second kappa shape index (κ2) is 6.58. The molecular formula is C8H19N3O3. The molecule has 0 rings (SSSR count). The van der Waals surface area contributed by atoms with Crippen LogP contribution in [0.2, 0.25) is 0 Å². The first-order valence-electron chi connectivity index (χ1n) is 4.51. The number of oxime groups is 1. The van der Waals surface area contributed by atoms with E-state index in [2.05, 4.69) is 10.5 Å². The van der Waals surface area contributed by atoms with Crippen LogP contribution in [0.25, 0.3) is 0 Å². The van der Waals surface area contributed by atoms with E-state index < -0.39 is 5.54 Å². The minimum absolute atomic E-state index is 0.132. The number of aliphatic hydroxyl groups is 2. The smallest absolute Gasteiger partial charge is 0.139 e. The van der Waals surface area contributed by atoms with E-state index in [1.165, 1.54) is 0 Å². The fourth-order valence-electron chi connectivity index (χ4n) is 0.871. The van der Waals surface area contributed by atoms with Gasteiger partial charge in [-0.05, 0) is 19.9 Å². The van der Waals surface area contributed by atoms with E-state index in [0.29, 0.717) is 19.4 Å². The van der Waals surface area contributed by atoms with Gasteiger partial charge in [0, 0.05) is 6.42 Å². The van der Waals surface area contributed by atoms with Crippen LogP contribution < -0.4 is 11.1 Å². The molecule has 0 amide bonds. The third-order valence-electron chi connectivity index (χ3n) is 1.99. The molecule has 0 aliphatic carbocycles. The Morgan fingerprint density at radius 3 is 2.43 bits per heavy atom. The predicted octanol–water partition coefficient (Wildman–Crippen LogP) is -1.15. The standard InChI is InChI=1S/C8H19N3O3/c1-8(5-12,6-13)10-4-2-3-7(9)11-14/h10,12-14H,2-6H2,1H3,(H2,9,11). The Labute approximate surface area is 83.4 Å². The molecule has 6 N–H and O–H groups in total. The minimum atomic E-state index is -0.662. The Hall–Kier alpha value is -0.850. The van der Waals surface area contributed by atoms with E-state index in [4.69, 9.17) is 21.2 Å². The highest BCUT2D eigenvalue weighted by molar-refractivity contribution is 5.79. The van der Waals surface area contributed by atoms with Crippen molar-refractivity contribution in [1.82, 2.24) is 5.32 Å². The molecule has 0 aliphatic heterocycles. The summed E-state index contributed by atoms with van der Waals surface area (Å²) >= 11 is 0. The summed E-state index contributed by atoms with van der Waals surface area (Å²) < 4.78 is 0. The number of nitrogens with two attached hydrogens (primary N) is 1. The van der Waals surface area contributed by atoms with Crippen molar-refractivity contribution in [3.05, 3.63) is 0 Å². The van der Waals surface area contributed by atoms with Gasteiger partial charge in [-0.2, -0.15) is 0 Å². The molecule has 0 aliphatic rings. The number of nitrogens with zero attached hydrogens (tertiary/aromatic N) is 1. The third kappa shape index (κ3) is 5.00. The predicted molar refractivity (Wildman–Crippen MR) is 53.2 cm³/mol. The zero-order chi connectivity index (χ0) is 11.0. The second-order valence-electron chi connectivity index (χ2n) is 3.50. The van der Waals surface area contributed by atoms with Gasteiger partial charge in [0.1, 0.15) is 5.84 Å². The maximum Gasteiger partial charge on any atom is 0.139 e. The van der Waals surface area contributed by atoms with E-state index in [-0.39, 0.29) is 19.0 Å². The average Bonchev–Trinajstić information content (AvgIpc) is 2.23. The van der Waals surface area contributed by atoms with Crippen molar-refractivity contribution in [3.8, 4) is 0 Å². The summed E-state index contributed by atoms with van der Waals surface area (Å²) in [6, 6.07) is 0. The zero-order valence-corrected chi connectivity index (χ0v) is 8.40. The van der Waals surface area contributed by atoms with Gasteiger partial charge in [-0.1, -0.05) is 5.16 Å². The normalized spacial score (nSPS) is 13.2. The summed E-state index contributed by atoms with van der Waals surface area (Å²) in [6.07, 6.45) is 1.17. The molecule has 0 fully saturated rings. The van der Waals surface area contributed by atoms with Gasteiger partial charge in [-0.3, -0.25) is 0 Å². The number of aliphatic hydroxyl groups excluding tert-OH is 2. The van der Waals surface area contributed by atoms with E-state index in [1.54, 1.807) is 6.92 Å². The molecule has 0 atom stereocenters. The molecular weight excluding hydrogens is 186 g/mol. The fourth-order valence-corrected chi connectivity index (χ4v) is 0.871. The van der Waals surface area contributed by atoms with Gasteiger partial charge in [0.15, 0.2) is 0 Å². The molecule has 0 heterocycles. The Bertz CT molecular complexity index is 181. The van der Waals surface area contributed by atoms with E-state index in [0.717, 1.165) is 0 Å². The molecule has 0 aromatic heterocycles. The summed E-state index contributed by atoms with van der Waals surface area (Å²) in [5.41, 5.74) is 4.60. The first kappa shape index (κ1) is 13.2. The second-order valence-corrected chi connectivity index (χ2v) is 3.50. The van der Waals surface area contributed by atoms with Crippen LogP contribution in [0.5, 0.6) is 0 Å². The Kier molecular flexibility index (Phi) is 6.18. The van der Waals surface area contributed by atoms with Gasteiger partial charge < -0.3 is 26.5 Å². The van der Waals surface area contributed by atoms with Crippen molar-refractivity contribution in [3.63, 3.8) is 0 Å². The Morgan fingerprint density at radius 1 is 1.43 bits per heavy atom. The minimum Gasteiger partial charge on any atom is -0.409 e. The number of nitrogens with one attached hydrogen (secondary N) is 1. The van der Waals surface area contributed by atoms with Crippen LogP contribution in [-0.2, 0) is 0 Å². The monoisotopic (exact) mass is 205 g/mol. The molecule has 84 valence electrons. The first-order chi connectivity index (χ1) is 6.58. The Morgan fingerprint density at radius 2 is 2.00 bits per heavy atom. The first-order valence-corrected chi connectivity index (χ1v) is 4.51. The SMILES string of the molecule is CC(CO)(CO)NCCCC(N)=NO. The molecule has 14 heavy (non-hydrogen) atoms. The van der Waals surface area contributed by atoms with Gasteiger partial charge in [-0.25, -0.2) is 0 Å². The summed E-state index contributed by atoms with van der Waals surface area (Å²) in [4.78, 5) is 0. The highest BCUT2D eigenvalue weighted by Gasteiger charge is 2.20. The van der Waals surface area contributed by atoms with Crippen molar-refractivity contribution in [2.75, 3.05) is 19.8 Å². The largest absolute Gasteiger partial charge is 0.409 e. The molecule has 0 aromatic carbocycles. The van der Waals surface area contributed by atoms with Crippen LogP contribution in [0.3, 0.4) is 0 Å². The lowest BCUT2D eigenvalue weighted by atomic mass is 10.1. The summed E-state index contributed by atoms with van der Waals surface area (Å²) in [5, 5.41) is 31.9. The van der Waals surface area contributed by atoms with E-state index in [9.17, 15) is 0 Å². The number of hydrogen-bond donors (Lipinski definition) is 5. The quantitative estimate of drug-likeness (QED) is 0.118. The van der Waals surface area contributed by atoms with Crippen LogP contribution in [0.1, 0.15) is 19.8 Å². The van der Waals surface area contributed by atoms with Gasteiger partial charge >= 0.3 is 0 Å². The van der Waals surface area contributed by atoms with Crippen LogP contribution in [0, 0.1) is 0 Å². The molecule has 6 nitrogen and oxygen atoms in total. The lowest BCUT2D eigenvalue weighted by molar-refractivity contribution is 0.104. The molecule has 6 heteroatoms. The topological polar surface area (TPSA) is 111 Å². The lowest BCUT2D eigenvalue weighted by Crippen LogP contribution is -2.49. The van der Waals surface area contributed by atoms with Crippen LogP contribution in [-0.4, -0.2) is 46.6 Å². The van der Waals surface area contributed by atoms with Crippen LogP contribution in [0.4, 0.5) is 0 Å². The average molecular weight is 205 g/mol. The third-order valence-corrected chi connectivity index (χ3v) is 1.99. The van der Waals surface area contributed by atoms with Gasteiger partial charge in [0.2, 0.25) is 0 Å². The fraction of sp³-hybridized carbons (Fsp3) is 0.875. The van der Waals surface area contributed by atoms with Crippen molar-refractivity contribution >= 4 is 5.84 Å². The number of rotatable bonds is 7. The van der Waals surface area contributed by atoms with Gasteiger partial charge in [-0.15, -0.1) is 0 Å². The molecule has 0 unspecified atom stereocenters. The molecule has 0 radical (unpaired) electrons. The van der Waals surface area contributed by atoms with Crippen LogP contribution >= 0.6 is 0 Å². The molecule has 0 saturated carbocycles. The molecule has 0 saturated heterocycles. The van der Waals surface area contributed by atoms with Gasteiger partial charge in [0.05, 0.1) is 18.8 Å². The van der Waals surface area contributed by atoms with Crippen molar-refractivity contribution in [2.24, 2.45) is 10.9 Å². The zero-order valence-electron chi connectivity index (χ0n) is 8.40. The number of amidine groups is 1. The molecule has 0 aromatic rings. The summed E-state index contributed by atoms with van der Waals surface area (Å²) in [5.74, 6) is 0.182. The molecule has 0 spiro atoms. The maximum absolute atomic E-state index is 8.93. The van der Waals surface area contributed by atoms with Crippen molar-refractivity contribution < 1.29 is 15.4 Å². The van der Waals surface area contributed by atoms with E-state index in [1.807, 2.05) is 0 Å². The van der Waals surface area contributed by atoms with Crippen molar-refractivity contribution in [1.29, 1.82) is 0 Å². The summed E-state index contributed by atoms with van der Waals surface area (Å²) in [7, 11) is 0. The highest BCUT2D eigenvalue weighted by atomic mass is 16.4. The lowest BCUT2D eigenvalue weighted by Gasteiger charge is -2.26.